The summed E-state index contributed by atoms with van der Waals surface area (Å²) in [5.41, 5.74) is 3.17. The molecule has 2 aromatic rings. The molecule has 0 unspecified atom stereocenters. The van der Waals surface area contributed by atoms with Crippen molar-refractivity contribution in [3.05, 3.63) is 65.2 Å². The summed E-state index contributed by atoms with van der Waals surface area (Å²) in [7, 11) is 0. The lowest BCUT2D eigenvalue weighted by Crippen LogP contribution is -2.34. The highest BCUT2D eigenvalue weighted by Gasteiger charge is 2.05. The smallest absolute Gasteiger partial charge is 0.251 e. The highest BCUT2D eigenvalue weighted by atomic mass is 32.2. The maximum atomic E-state index is 11.8. The zero-order valence-corrected chi connectivity index (χ0v) is 15.5. The Bertz CT molecular complexity index is 717. The molecule has 2 rings (SSSR count). The summed E-state index contributed by atoms with van der Waals surface area (Å²) in [5.74, 6) is 0.621. The number of carbonyl (C=O) groups is 2. The predicted octanol–water partition coefficient (Wildman–Crippen LogP) is 3.33. The molecule has 0 atom stereocenters. The molecule has 0 saturated carbocycles. The van der Waals surface area contributed by atoms with Crippen molar-refractivity contribution in [2.75, 3.05) is 18.8 Å². The van der Waals surface area contributed by atoms with Crippen LogP contribution in [-0.2, 0) is 4.79 Å². The molecular weight excluding hydrogens is 332 g/mol. The fraction of sp³-hybridized carbons (Fsp3) is 0.300. The Hall–Kier alpha value is -2.27. The summed E-state index contributed by atoms with van der Waals surface area (Å²) in [6.07, 6.45) is 0.463. The molecule has 0 heterocycles. The first-order valence-corrected chi connectivity index (χ1v) is 9.35. The van der Waals surface area contributed by atoms with Crippen LogP contribution in [0.2, 0.25) is 0 Å². The number of benzene rings is 2. The van der Waals surface area contributed by atoms with Crippen LogP contribution in [0.25, 0.3) is 0 Å². The molecule has 2 aromatic carbocycles. The monoisotopic (exact) mass is 356 g/mol. The Labute approximate surface area is 153 Å². The highest BCUT2D eigenvalue weighted by molar-refractivity contribution is 7.99. The molecule has 0 aromatic heterocycles. The van der Waals surface area contributed by atoms with Crippen molar-refractivity contribution in [3.63, 3.8) is 0 Å². The van der Waals surface area contributed by atoms with Gasteiger partial charge in [-0.3, -0.25) is 9.59 Å². The minimum absolute atomic E-state index is 0.00490. The molecular formula is C20H24N2O2S. The molecule has 0 bridgehead atoms. The summed E-state index contributed by atoms with van der Waals surface area (Å²) in [4.78, 5) is 24.9. The van der Waals surface area contributed by atoms with Crippen LogP contribution in [0.4, 0.5) is 0 Å². The SMILES string of the molecule is Cc1ccc(SCCC(=O)NCCNC(=O)c2ccccc2)cc1C. The molecule has 0 aliphatic rings. The zero-order chi connectivity index (χ0) is 18.1. The lowest BCUT2D eigenvalue weighted by Gasteiger charge is -2.08. The van der Waals surface area contributed by atoms with Crippen LogP contribution >= 0.6 is 11.8 Å². The van der Waals surface area contributed by atoms with E-state index in [1.54, 1.807) is 23.9 Å². The van der Waals surface area contributed by atoms with Crippen molar-refractivity contribution in [2.24, 2.45) is 0 Å². The van der Waals surface area contributed by atoms with Crippen LogP contribution < -0.4 is 10.6 Å². The molecule has 0 aliphatic carbocycles. The van der Waals surface area contributed by atoms with Crippen LogP contribution in [0.15, 0.2) is 53.4 Å². The van der Waals surface area contributed by atoms with Crippen molar-refractivity contribution in [3.8, 4) is 0 Å². The van der Waals surface area contributed by atoms with Crippen molar-refractivity contribution in [1.29, 1.82) is 0 Å². The molecule has 25 heavy (non-hydrogen) atoms. The third kappa shape index (κ3) is 6.63. The van der Waals surface area contributed by atoms with E-state index < -0.39 is 0 Å². The quantitative estimate of drug-likeness (QED) is 0.563. The van der Waals surface area contributed by atoms with Crippen LogP contribution in [0.1, 0.15) is 27.9 Å². The normalized spacial score (nSPS) is 10.3. The van der Waals surface area contributed by atoms with E-state index in [2.05, 4.69) is 42.7 Å². The molecule has 0 saturated heterocycles. The van der Waals surface area contributed by atoms with Crippen molar-refractivity contribution in [2.45, 2.75) is 25.2 Å². The van der Waals surface area contributed by atoms with Gasteiger partial charge in [0.15, 0.2) is 0 Å². The van der Waals surface area contributed by atoms with Gasteiger partial charge in [-0.2, -0.15) is 0 Å². The maximum Gasteiger partial charge on any atom is 0.251 e. The van der Waals surface area contributed by atoms with E-state index in [1.807, 2.05) is 18.2 Å². The molecule has 0 radical (unpaired) electrons. The summed E-state index contributed by atoms with van der Waals surface area (Å²) >= 11 is 1.68. The van der Waals surface area contributed by atoms with Crippen LogP contribution in [0.5, 0.6) is 0 Å². The maximum absolute atomic E-state index is 11.8. The van der Waals surface area contributed by atoms with Crippen LogP contribution in [-0.4, -0.2) is 30.7 Å². The fourth-order valence-corrected chi connectivity index (χ4v) is 3.17. The molecule has 2 amide bonds. The number of hydrogen-bond donors (Lipinski definition) is 2. The van der Waals surface area contributed by atoms with Gasteiger partial charge in [0.25, 0.3) is 5.91 Å². The molecule has 0 aliphatic heterocycles. The van der Waals surface area contributed by atoms with E-state index in [0.717, 1.165) is 5.75 Å². The van der Waals surface area contributed by atoms with Crippen molar-refractivity contribution < 1.29 is 9.59 Å². The predicted molar refractivity (Wildman–Crippen MR) is 103 cm³/mol. The van der Waals surface area contributed by atoms with Gasteiger partial charge in [0, 0.05) is 35.7 Å². The second kappa shape index (κ2) is 9.89. The number of amides is 2. The Balaban J connectivity index is 1.59. The minimum atomic E-state index is -0.125. The Morgan fingerprint density at radius 3 is 2.36 bits per heavy atom. The van der Waals surface area contributed by atoms with Gasteiger partial charge in [-0.1, -0.05) is 24.3 Å². The first-order valence-electron chi connectivity index (χ1n) is 8.36. The van der Waals surface area contributed by atoms with E-state index in [-0.39, 0.29) is 11.8 Å². The van der Waals surface area contributed by atoms with E-state index in [4.69, 9.17) is 0 Å². The minimum Gasteiger partial charge on any atom is -0.354 e. The standard InChI is InChI=1S/C20H24N2O2S/c1-15-8-9-18(14-16(15)2)25-13-10-19(23)21-11-12-22-20(24)17-6-4-3-5-7-17/h3-9,14H,10-13H2,1-2H3,(H,21,23)(H,22,24). The first-order chi connectivity index (χ1) is 12.1. The summed E-state index contributed by atoms with van der Waals surface area (Å²) in [6.45, 7) is 5.04. The number of rotatable bonds is 8. The molecule has 0 fully saturated rings. The van der Waals surface area contributed by atoms with Crippen LogP contribution in [0.3, 0.4) is 0 Å². The average molecular weight is 356 g/mol. The van der Waals surface area contributed by atoms with E-state index in [0.29, 0.717) is 25.1 Å². The lowest BCUT2D eigenvalue weighted by atomic mass is 10.1. The topological polar surface area (TPSA) is 58.2 Å². The molecule has 0 spiro atoms. The van der Waals surface area contributed by atoms with E-state index in [1.165, 1.54) is 16.0 Å². The Morgan fingerprint density at radius 1 is 0.920 bits per heavy atom. The number of aryl methyl sites for hydroxylation is 2. The van der Waals surface area contributed by atoms with Gasteiger partial charge in [-0.15, -0.1) is 11.8 Å². The van der Waals surface area contributed by atoms with Gasteiger partial charge >= 0.3 is 0 Å². The van der Waals surface area contributed by atoms with Gasteiger partial charge in [-0.05, 0) is 49.2 Å². The molecule has 4 nitrogen and oxygen atoms in total. The fourth-order valence-electron chi connectivity index (χ4n) is 2.22. The largest absolute Gasteiger partial charge is 0.354 e. The average Bonchev–Trinajstić information content (AvgIpc) is 2.62. The summed E-state index contributed by atoms with van der Waals surface area (Å²) < 4.78 is 0. The summed E-state index contributed by atoms with van der Waals surface area (Å²) in [5, 5.41) is 5.62. The third-order valence-corrected chi connectivity index (χ3v) is 4.84. The number of hydrogen-bond acceptors (Lipinski definition) is 3. The number of thioether (sulfide) groups is 1. The molecule has 2 N–H and O–H groups in total. The van der Waals surface area contributed by atoms with E-state index in [9.17, 15) is 9.59 Å². The third-order valence-electron chi connectivity index (χ3n) is 3.84. The Morgan fingerprint density at radius 2 is 1.64 bits per heavy atom. The zero-order valence-electron chi connectivity index (χ0n) is 14.7. The lowest BCUT2D eigenvalue weighted by molar-refractivity contribution is -0.120. The van der Waals surface area contributed by atoms with Crippen molar-refractivity contribution in [1.82, 2.24) is 10.6 Å². The van der Waals surface area contributed by atoms with Crippen LogP contribution in [0, 0.1) is 13.8 Å². The number of nitrogens with one attached hydrogen (secondary N) is 2. The first kappa shape index (κ1) is 19.1. The number of carbonyl (C=O) groups excluding carboxylic acids is 2. The molecule has 132 valence electrons. The van der Waals surface area contributed by atoms with Gasteiger partial charge in [0.05, 0.1) is 0 Å². The second-order valence-corrected chi connectivity index (χ2v) is 6.98. The second-order valence-electron chi connectivity index (χ2n) is 5.82. The highest BCUT2D eigenvalue weighted by Crippen LogP contribution is 2.21. The van der Waals surface area contributed by atoms with Crippen molar-refractivity contribution >= 4 is 23.6 Å². The summed E-state index contributed by atoms with van der Waals surface area (Å²) in [6, 6.07) is 15.4. The van der Waals surface area contributed by atoms with Gasteiger partial charge in [0.2, 0.25) is 5.91 Å². The Kier molecular flexibility index (Phi) is 7.54. The van der Waals surface area contributed by atoms with Gasteiger partial charge in [0.1, 0.15) is 0 Å². The molecule has 5 heteroatoms. The van der Waals surface area contributed by atoms with Gasteiger partial charge < -0.3 is 10.6 Å². The van der Waals surface area contributed by atoms with E-state index >= 15 is 0 Å². The van der Waals surface area contributed by atoms with Gasteiger partial charge in [-0.25, -0.2) is 0 Å².